The summed E-state index contributed by atoms with van der Waals surface area (Å²) in [6, 6.07) is 43.1. The molecule has 0 spiro atoms. The molecule has 5 aromatic carbocycles. The van der Waals surface area contributed by atoms with Crippen LogP contribution in [0.4, 0.5) is 0 Å². The minimum atomic E-state index is 0.772. The molecule has 4 aliphatic rings. The summed E-state index contributed by atoms with van der Waals surface area (Å²) < 4.78 is 4.93. The lowest BCUT2D eigenvalue weighted by molar-refractivity contribution is -0.00277. The van der Waals surface area contributed by atoms with Crippen molar-refractivity contribution in [1.29, 1.82) is 0 Å². The number of rotatable bonds is 3. The summed E-state index contributed by atoms with van der Waals surface area (Å²) >= 11 is 0. The molecule has 4 saturated carbocycles. The Kier molecular flexibility index (Phi) is 4.77. The first-order valence-corrected chi connectivity index (χ1v) is 15.9. The first-order valence-electron chi connectivity index (χ1n) is 15.9. The number of benzene rings is 5. The van der Waals surface area contributed by atoms with Gasteiger partial charge in [-0.2, -0.15) is 0 Å². The summed E-state index contributed by atoms with van der Waals surface area (Å²) in [4.78, 5) is 0. The van der Waals surface area contributed by atoms with Crippen molar-refractivity contribution in [3.63, 3.8) is 0 Å². The monoisotopic (exact) mass is 542 g/mol. The standard InChI is InChI=1S/C40H34N2/c1-2-8-30(9-3-1)41-34-12-6-4-10-32(34)39-36(41)18-19-37-40(39)33-11-5-7-13-35(33)42(37)31-16-14-27(15-17-31)38-28-21-25-20-26(23-28)24-29(38)22-25/h1-19,25-26,28-29,38H,20-24H2. The maximum Gasteiger partial charge on any atom is 0.0548 e. The number of hydrogen-bond acceptors (Lipinski definition) is 0. The van der Waals surface area contributed by atoms with Crippen LogP contribution < -0.4 is 0 Å². The van der Waals surface area contributed by atoms with Crippen LogP contribution in [0.25, 0.3) is 55.0 Å². The fourth-order valence-electron chi connectivity index (χ4n) is 9.97. The van der Waals surface area contributed by atoms with Crippen LogP contribution >= 0.6 is 0 Å². The van der Waals surface area contributed by atoms with Crippen LogP contribution in [-0.4, -0.2) is 9.13 Å². The number of hydrogen-bond donors (Lipinski definition) is 0. The van der Waals surface area contributed by atoms with E-state index in [4.69, 9.17) is 0 Å². The fraction of sp³-hybridized carbons (Fsp3) is 0.250. The maximum atomic E-state index is 2.50. The van der Waals surface area contributed by atoms with E-state index in [1.165, 1.54) is 87.1 Å². The van der Waals surface area contributed by atoms with E-state index in [-0.39, 0.29) is 0 Å². The number of aromatic nitrogens is 2. The second-order valence-electron chi connectivity index (χ2n) is 13.4. The number of para-hydroxylation sites is 3. The van der Waals surface area contributed by atoms with Crippen molar-refractivity contribution in [2.45, 2.75) is 38.0 Å². The zero-order chi connectivity index (χ0) is 27.4. The molecule has 11 rings (SSSR count). The van der Waals surface area contributed by atoms with Gasteiger partial charge in [0.2, 0.25) is 0 Å². The molecule has 2 aromatic heterocycles. The van der Waals surface area contributed by atoms with Crippen molar-refractivity contribution in [3.8, 4) is 11.4 Å². The van der Waals surface area contributed by atoms with E-state index < -0.39 is 0 Å². The zero-order valence-electron chi connectivity index (χ0n) is 23.8. The highest BCUT2D eigenvalue weighted by Crippen LogP contribution is 2.59. The van der Waals surface area contributed by atoms with Gasteiger partial charge in [0.15, 0.2) is 0 Å². The van der Waals surface area contributed by atoms with Crippen LogP contribution in [0.15, 0.2) is 115 Å². The van der Waals surface area contributed by atoms with Crippen LogP contribution in [0.5, 0.6) is 0 Å². The number of nitrogens with zero attached hydrogens (tertiary/aromatic N) is 2. The van der Waals surface area contributed by atoms with Crippen molar-refractivity contribution in [2.24, 2.45) is 23.7 Å². The molecule has 4 aliphatic carbocycles. The second-order valence-corrected chi connectivity index (χ2v) is 13.4. The van der Waals surface area contributed by atoms with Gasteiger partial charge in [-0.05, 0) is 116 Å². The third kappa shape index (κ3) is 3.16. The van der Waals surface area contributed by atoms with E-state index in [1.807, 2.05) is 0 Å². The fourth-order valence-corrected chi connectivity index (χ4v) is 9.97. The molecule has 4 bridgehead atoms. The Morgan fingerprint density at radius 2 is 0.881 bits per heavy atom. The Labute approximate surface area is 246 Å². The highest BCUT2D eigenvalue weighted by Gasteiger charge is 2.48. The van der Waals surface area contributed by atoms with Gasteiger partial charge in [0.25, 0.3) is 0 Å². The number of fused-ring (bicyclic) bond motifs is 7. The molecular weight excluding hydrogens is 508 g/mol. The lowest BCUT2D eigenvalue weighted by atomic mass is 9.51. The van der Waals surface area contributed by atoms with Gasteiger partial charge < -0.3 is 9.13 Å². The van der Waals surface area contributed by atoms with Gasteiger partial charge in [-0.15, -0.1) is 0 Å². The normalized spacial score (nSPS) is 24.9. The molecule has 42 heavy (non-hydrogen) atoms. The first kappa shape index (κ1) is 23.3. The molecule has 4 fully saturated rings. The maximum absolute atomic E-state index is 2.50. The average Bonchev–Trinajstić information content (AvgIpc) is 3.54. The summed E-state index contributed by atoms with van der Waals surface area (Å²) in [7, 11) is 0. The predicted molar refractivity (Wildman–Crippen MR) is 175 cm³/mol. The van der Waals surface area contributed by atoms with Crippen LogP contribution in [0, 0.1) is 23.7 Å². The third-order valence-corrected chi connectivity index (χ3v) is 11.2. The third-order valence-electron chi connectivity index (χ3n) is 11.2. The van der Waals surface area contributed by atoms with Gasteiger partial charge in [0, 0.05) is 32.9 Å². The van der Waals surface area contributed by atoms with E-state index >= 15 is 0 Å². The van der Waals surface area contributed by atoms with Crippen molar-refractivity contribution in [1.82, 2.24) is 9.13 Å². The van der Waals surface area contributed by atoms with Gasteiger partial charge in [0.05, 0.1) is 22.1 Å². The topological polar surface area (TPSA) is 9.86 Å². The second kappa shape index (κ2) is 8.61. The molecule has 2 heterocycles. The molecule has 0 N–H and O–H groups in total. The zero-order valence-corrected chi connectivity index (χ0v) is 23.8. The molecule has 2 nitrogen and oxygen atoms in total. The molecule has 0 saturated heterocycles. The Balaban J connectivity index is 1.19. The van der Waals surface area contributed by atoms with Gasteiger partial charge >= 0.3 is 0 Å². The molecular formula is C40H34N2. The summed E-state index contributed by atoms with van der Waals surface area (Å²) in [5.41, 5.74) is 9.12. The van der Waals surface area contributed by atoms with E-state index in [9.17, 15) is 0 Å². The molecule has 0 unspecified atom stereocenters. The highest BCUT2D eigenvalue weighted by molar-refractivity contribution is 6.28. The summed E-state index contributed by atoms with van der Waals surface area (Å²) in [6.45, 7) is 0. The molecule has 7 aromatic rings. The molecule has 0 atom stereocenters. The summed E-state index contributed by atoms with van der Waals surface area (Å²) in [5, 5.41) is 5.31. The smallest absolute Gasteiger partial charge is 0.0548 e. The quantitative estimate of drug-likeness (QED) is 0.210. The Morgan fingerprint density at radius 1 is 0.405 bits per heavy atom. The average molecular weight is 543 g/mol. The van der Waals surface area contributed by atoms with E-state index in [1.54, 1.807) is 5.56 Å². The largest absolute Gasteiger partial charge is 0.309 e. The Bertz CT molecular complexity index is 2120. The SMILES string of the molecule is c1ccc(-n2c3ccccc3c3c4c5ccccc5n(-c5ccc(C6C7CC8CC(C7)CC6C8)cc5)c4ccc32)cc1. The first-order chi connectivity index (χ1) is 20.8. The minimum absolute atomic E-state index is 0.772. The van der Waals surface area contributed by atoms with Gasteiger partial charge in [0.1, 0.15) is 0 Å². The van der Waals surface area contributed by atoms with Crippen molar-refractivity contribution >= 4 is 43.6 Å². The molecule has 0 radical (unpaired) electrons. The van der Waals surface area contributed by atoms with E-state index in [2.05, 4.69) is 124 Å². The Morgan fingerprint density at radius 3 is 1.43 bits per heavy atom. The molecule has 204 valence electrons. The van der Waals surface area contributed by atoms with Gasteiger partial charge in [-0.1, -0.05) is 66.7 Å². The van der Waals surface area contributed by atoms with Crippen LogP contribution in [0.3, 0.4) is 0 Å². The van der Waals surface area contributed by atoms with Crippen molar-refractivity contribution < 1.29 is 0 Å². The van der Waals surface area contributed by atoms with Gasteiger partial charge in [-0.25, -0.2) is 0 Å². The summed E-state index contributed by atoms with van der Waals surface area (Å²) in [5.74, 6) is 4.63. The highest BCUT2D eigenvalue weighted by atomic mass is 15.0. The van der Waals surface area contributed by atoms with Crippen LogP contribution in [-0.2, 0) is 0 Å². The predicted octanol–water partition coefficient (Wildman–Crippen LogP) is 10.4. The van der Waals surface area contributed by atoms with Crippen molar-refractivity contribution in [2.75, 3.05) is 0 Å². The van der Waals surface area contributed by atoms with E-state index in [0.717, 1.165) is 29.6 Å². The van der Waals surface area contributed by atoms with Gasteiger partial charge in [-0.3, -0.25) is 0 Å². The summed E-state index contributed by atoms with van der Waals surface area (Å²) in [6.07, 6.45) is 7.40. The molecule has 0 aliphatic heterocycles. The lowest BCUT2D eigenvalue weighted by Gasteiger charge is -2.54. The van der Waals surface area contributed by atoms with E-state index in [0.29, 0.717) is 0 Å². The van der Waals surface area contributed by atoms with Crippen LogP contribution in [0.2, 0.25) is 0 Å². The molecule has 0 amide bonds. The lowest BCUT2D eigenvalue weighted by Crippen LogP contribution is -2.43. The Hall–Kier alpha value is -4.30. The minimum Gasteiger partial charge on any atom is -0.309 e. The molecule has 2 heteroatoms. The van der Waals surface area contributed by atoms with Crippen molar-refractivity contribution in [3.05, 3.63) is 121 Å². The van der Waals surface area contributed by atoms with Crippen LogP contribution in [0.1, 0.15) is 43.6 Å².